The summed E-state index contributed by atoms with van der Waals surface area (Å²) in [6, 6.07) is 0. The van der Waals surface area contributed by atoms with E-state index in [1.165, 1.54) is 32.1 Å². The molecule has 0 spiro atoms. The first-order chi connectivity index (χ1) is 6.56. The van der Waals surface area contributed by atoms with Crippen LogP contribution in [-0.2, 0) is 0 Å². The summed E-state index contributed by atoms with van der Waals surface area (Å²) in [7, 11) is 0. The topological polar surface area (TPSA) is 0 Å². The van der Waals surface area contributed by atoms with E-state index in [4.69, 9.17) is 0 Å². The van der Waals surface area contributed by atoms with E-state index in [1.54, 1.807) is 0 Å². The summed E-state index contributed by atoms with van der Waals surface area (Å²) in [5.41, 5.74) is 0.441. The lowest BCUT2D eigenvalue weighted by Gasteiger charge is -2.15. The van der Waals surface area contributed by atoms with Crippen LogP contribution in [-0.4, -0.2) is 0 Å². The van der Waals surface area contributed by atoms with Crippen LogP contribution in [0.3, 0.4) is 0 Å². The molecule has 0 radical (unpaired) electrons. The van der Waals surface area contributed by atoms with E-state index >= 15 is 0 Å². The molecule has 0 nitrogen and oxygen atoms in total. The molecule has 0 aliphatic rings. The summed E-state index contributed by atoms with van der Waals surface area (Å²) < 4.78 is 0. The predicted molar refractivity (Wildman–Crippen MR) is 65.2 cm³/mol. The summed E-state index contributed by atoms with van der Waals surface area (Å²) in [5, 5.41) is 0. The Morgan fingerprint density at radius 2 is 1.50 bits per heavy atom. The lowest BCUT2D eigenvalue weighted by molar-refractivity contribution is 0.384. The Morgan fingerprint density at radius 3 is 2.07 bits per heavy atom. The van der Waals surface area contributed by atoms with Crippen molar-refractivity contribution in [3.05, 3.63) is 0 Å². The van der Waals surface area contributed by atoms with Gasteiger partial charge >= 0.3 is 0 Å². The van der Waals surface area contributed by atoms with Gasteiger partial charge < -0.3 is 0 Å². The van der Waals surface area contributed by atoms with E-state index < -0.39 is 0 Å². The molecule has 0 heterocycles. The zero-order valence-electron chi connectivity index (χ0n) is 10.4. The summed E-state index contributed by atoms with van der Waals surface area (Å²) in [6.45, 7) is 9.07. The van der Waals surface area contributed by atoms with Crippen molar-refractivity contribution in [2.75, 3.05) is 0 Å². The van der Waals surface area contributed by atoms with Gasteiger partial charge in [0.1, 0.15) is 0 Å². The quantitative estimate of drug-likeness (QED) is 0.436. The molecule has 0 aliphatic carbocycles. The van der Waals surface area contributed by atoms with Crippen LogP contribution in [0.1, 0.15) is 72.6 Å². The van der Waals surface area contributed by atoms with Crippen LogP contribution in [0.15, 0.2) is 0 Å². The van der Waals surface area contributed by atoms with E-state index in [2.05, 4.69) is 39.5 Å². The van der Waals surface area contributed by atoms with Gasteiger partial charge in [0.25, 0.3) is 0 Å². The number of hydrogen-bond acceptors (Lipinski definition) is 0. The van der Waals surface area contributed by atoms with Crippen molar-refractivity contribution in [1.29, 1.82) is 0 Å². The van der Waals surface area contributed by atoms with Crippen molar-refractivity contribution in [1.82, 2.24) is 0 Å². The summed E-state index contributed by atoms with van der Waals surface area (Å²) in [6.07, 6.45) is 8.71. The third-order valence-corrected chi connectivity index (χ3v) is 2.28. The molecule has 0 aliphatic heterocycles. The van der Waals surface area contributed by atoms with Gasteiger partial charge in [0.05, 0.1) is 0 Å². The second-order valence-corrected chi connectivity index (χ2v) is 5.22. The van der Waals surface area contributed by atoms with Crippen molar-refractivity contribution < 1.29 is 0 Å². The molecule has 0 fully saturated rings. The summed E-state index contributed by atoms with van der Waals surface area (Å²) in [5.74, 6) is 6.54. The maximum absolute atomic E-state index is 3.27. The van der Waals surface area contributed by atoms with Crippen LogP contribution in [0.25, 0.3) is 0 Å². The normalized spacial score (nSPS) is 10.9. The van der Waals surface area contributed by atoms with Gasteiger partial charge in [-0.15, -0.1) is 11.8 Å². The maximum atomic E-state index is 3.27. The molecule has 0 rings (SSSR count). The Labute approximate surface area is 90.5 Å². The molecule has 0 aromatic rings. The van der Waals surface area contributed by atoms with Crippen molar-refractivity contribution >= 4 is 0 Å². The minimum Gasteiger partial charge on any atom is -0.103 e. The first kappa shape index (κ1) is 13.6. The van der Waals surface area contributed by atoms with Gasteiger partial charge in [0.2, 0.25) is 0 Å². The van der Waals surface area contributed by atoms with E-state index in [9.17, 15) is 0 Å². The molecule has 0 saturated heterocycles. The molecule has 0 atom stereocenters. The van der Waals surface area contributed by atoms with Gasteiger partial charge in [-0.1, -0.05) is 47.0 Å². The lowest BCUT2D eigenvalue weighted by atomic mass is 9.91. The van der Waals surface area contributed by atoms with Gasteiger partial charge in [-0.2, -0.15) is 0 Å². The van der Waals surface area contributed by atoms with Gasteiger partial charge in [0.15, 0.2) is 0 Å². The lowest BCUT2D eigenvalue weighted by Crippen LogP contribution is -2.03. The predicted octanol–water partition coefficient (Wildman–Crippen LogP) is 4.79. The fourth-order valence-electron chi connectivity index (χ4n) is 1.25. The van der Waals surface area contributed by atoms with E-state index in [0.717, 1.165) is 12.8 Å². The van der Waals surface area contributed by atoms with Crippen molar-refractivity contribution in [3.8, 4) is 11.8 Å². The molecule has 0 N–H and O–H groups in total. The average Bonchev–Trinajstić information content (AvgIpc) is 2.08. The van der Waals surface area contributed by atoms with E-state index in [1.807, 2.05) is 0 Å². The Balaban J connectivity index is 3.27. The van der Waals surface area contributed by atoms with Gasteiger partial charge in [-0.05, 0) is 18.3 Å². The zero-order chi connectivity index (χ0) is 10.9. The zero-order valence-corrected chi connectivity index (χ0v) is 10.4. The minimum atomic E-state index is 0.441. The highest BCUT2D eigenvalue weighted by Crippen LogP contribution is 2.19. The monoisotopic (exact) mass is 194 g/mol. The summed E-state index contributed by atoms with van der Waals surface area (Å²) >= 11 is 0. The maximum Gasteiger partial charge on any atom is 0.00936 e. The second-order valence-electron chi connectivity index (χ2n) is 5.22. The molecule has 82 valence electrons. The summed E-state index contributed by atoms with van der Waals surface area (Å²) in [4.78, 5) is 0. The highest BCUT2D eigenvalue weighted by Gasteiger charge is 2.07. The highest BCUT2D eigenvalue weighted by molar-refractivity contribution is 4.99. The van der Waals surface area contributed by atoms with Crippen LogP contribution in [0.5, 0.6) is 0 Å². The molecule has 0 saturated carbocycles. The third kappa shape index (κ3) is 11.6. The van der Waals surface area contributed by atoms with E-state index in [-0.39, 0.29) is 0 Å². The molecular formula is C14H26. The molecule has 14 heavy (non-hydrogen) atoms. The first-order valence-corrected chi connectivity index (χ1v) is 6.02. The Bertz CT molecular complexity index is 172. The SMILES string of the molecule is CCCCCCC#CCCC(C)(C)C. The van der Waals surface area contributed by atoms with Crippen LogP contribution in [0, 0.1) is 17.3 Å². The third-order valence-electron chi connectivity index (χ3n) is 2.28. The second kappa shape index (κ2) is 7.92. The van der Waals surface area contributed by atoms with Gasteiger partial charge in [-0.3, -0.25) is 0 Å². The number of hydrogen-bond donors (Lipinski definition) is 0. The first-order valence-electron chi connectivity index (χ1n) is 6.02. The molecule has 0 aromatic heterocycles. The number of unbranched alkanes of at least 4 members (excludes halogenated alkanes) is 4. The fraction of sp³-hybridized carbons (Fsp3) is 0.857. The van der Waals surface area contributed by atoms with Crippen LogP contribution < -0.4 is 0 Å². The molecule has 0 amide bonds. The molecule has 0 unspecified atom stereocenters. The molecule has 0 heteroatoms. The molecule has 0 bridgehead atoms. The smallest absolute Gasteiger partial charge is 0.00936 e. The Hall–Kier alpha value is -0.440. The fourth-order valence-corrected chi connectivity index (χ4v) is 1.25. The highest BCUT2D eigenvalue weighted by atomic mass is 14.1. The Morgan fingerprint density at radius 1 is 0.857 bits per heavy atom. The van der Waals surface area contributed by atoms with Crippen LogP contribution >= 0.6 is 0 Å². The largest absolute Gasteiger partial charge is 0.103 e. The van der Waals surface area contributed by atoms with Crippen LogP contribution in [0.2, 0.25) is 0 Å². The van der Waals surface area contributed by atoms with E-state index in [0.29, 0.717) is 5.41 Å². The minimum absolute atomic E-state index is 0.441. The molecular weight excluding hydrogens is 168 g/mol. The van der Waals surface area contributed by atoms with Gasteiger partial charge in [-0.25, -0.2) is 0 Å². The van der Waals surface area contributed by atoms with Gasteiger partial charge in [0, 0.05) is 12.8 Å². The van der Waals surface area contributed by atoms with Crippen molar-refractivity contribution in [3.63, 3.8) is 0 Å². The van der Waals surface area contributed by atoms with Crippen LogP contribution in [0.4, 0.5) is 0 Å². The Kier molecular flexibility index (Phi) is 7.67. The van der Waals surface area contributed by atoms with Crippen molar-refractivity contribution in [2.24, 2.45) is 5.41 Å². The van der Waals surface area contributed by atoms with Crippen molar-refractivity contribution in [2.45, 2.75) is 72.6 Å². The average molecular weight is 194 g/mol. The standard InChI is InChI=1S/C14H26/c1-5-6-7-8-9-10-11-12-13-14(2,3)4/h5-9,12-13H2,1-4H3. The number of rotatable bonds is 5. The molecule has 0 aromatic carbocycles.